The van der Waals surface area contributed by atoms with Crippen molar-refractivity contribution in [2.75, 3.05) is 0 Å². The topological polar surface area (TPSA) is 80.9 Å². The van der Waals surface area contributed by atoms with E-state index in [4.69, 9.17) is 4.52 Å². The van der Waals surface area contributed by atoms with Gasteiger partial charge in [-0.15, -0.1) is 11.3 Å². The normalized spacial score (nSPS) is 10.5. The predicted octanol–water partition coefficient (Wildman–Crippen LogP) is 2.44. The van der Waals surface area contributed by atoms with Gasteiger partial charge >= 0.3 is 0 Å². The minimum Gasteiger partial charge on any atom is -0.350 e. The van der Waals surface area contributed by atoms with Crippen LogP contribution in [-0.2, 0) is 17.8 Å². The van der Waals surface area contributed by atoms with Crippen LogP contribution in [0.5, 0.6) is 0 Å². The van der Waals surface area contributed by atoms with Gasteiger partial charge in [0.05, 0.1) is 17.1 Å². The van der Waals surface area contributed by atoms with Crippen LogP contribution in [0.15, 0.2) is 46.4 Å². The van der Waals surface area contributed by atoms with E-state index < -0.39 is 0 Å². The number of pyridine rings is 1. The maximum absolute atomic E-state index is 11.8. The van der Waals surface area contributed by atoms with Crippen molar-refractivity contribution >= 4 is 17.2 Å². The second-order valence-electron chi connectivity index (χ2n) is 4.59. The van der Waals surface area contributed by atoms with Gasteiger partial charge in [-0.1, -0.05) is 17.3 Å². The van der Waals surface area contributed by atoms with E-state index in [1.54, 1.807) is 17.5 Å². The minimum atomic E-state index is -0.0680. The molecule has 3 heterocycles. The standard InChI is InChI=1S/C15H14N4O2S/c20-13(17-10-11-4-1-2-8-16-11)6-7-14-18-15(19-21-14)12-5-3-9-22-12/h1-5,8-9H,6-7,10H2,(H,17,20). The van der Waals surface area contributed by atoms with Crippen LogP contribution in [0.4, 0.5) is 0 Å². The van der Waals surface area contributed by atoms with Crippen molar-refractivity contribution in [1.82, 2.24) is 20.4 Å². The second-order valence-corrected chi connectivity index (χ2v) is 5.53. The highest BCUT2D eigenvalue weighted by molar-refractivity contribution is 7.13. The maximum Gasteiger partial charge on any atom is 0.227 e. The Hall–Kier alpha value is -2.54. The molecule has 112 valence electrons. The smallest absolute Gasteiger partial charge is 0.227 e. The summed E-state index contributed by atoms with van der Waals surface area (Å²) in [5.41, 5.74) is 0.827. The first-order chi connectivity index (χ1) is 10.8. The van der Waals surface area contributed by atoms with Gasteiger partial charge in [-0.25, -0.2) is 0 Å². The first kappa shape index (κ1) is 14.4. The van der Waals surface area contributed by atoms with Crippen LogP contribution in [0.1, 0.15) is 18.0 Å². The van der Waals surface area contributed by atoms with Crippen molar-refractivity contribution in [3.05, 3.63) is 53.5 Å². The molecule has 0 aliphatic rings. The lowest BCUT2D eigenvalue weighted by molar-refractivity contribution is -0.121. The Kier molecular flexibility index (Phi) is 4.55. The summed E-state index contributed by atoms with van der Waals surface area (Å²) in [5, 5.41) is 8.68. The lowest BCUT2D eigenvalue weighted by atomic mass is 10.3. The van der Waals surface area contributed by atoms with E-state index in [2.05, 4.69) is 20.4 Å². The van der Waals surface area contributed by atoms with Gasteiger partial charge in [0, 0.05) is 19.0 Å². The van der Waals surface area contributed by atoms with Crippen molar-refractivity contribution in [2.24, 2.45) is 0 Å². The third-order valence-corrected chi connectivity index (χ3v) is 3.83. The summed E-state index contributed by atoms with van der Waals surface area (Å²) in [7, 11) is 0. The molecule has 0 fully saturated rings. The number of aryl methyl sites for hydroxylation is 1. The van der Waals surface area contributed by atoms with E-state index in [0.717, 1.165) is 10.6 Å². The molecule has 0 saturated heterocycles. The molecule has 0 spiro atoms. The summed E-state index contributed by atoms with van der Waals surface area (Å²) in [6, 6.07) is 9.46. The van der Waals surface area contributed by atoms with Gasteiger partial charge in [0.15, 0.2) is 0 Å². The Labute approximate surface area is 131 Å². The SMILES string of the molecule is O=C(CCc1nc(-c2cccs2)no1)NCc1ccccn1. The fourth-order valence-electron chi connectivity index (χ4n) is 1.86. The molecule has 0 saturated carbocycles. The van der Waals surface area contributed by atoms with Crippen LogP contribution in [0.25, 0.3) is 10.7 Å². The van der Waals surface area contributed by atoms with Crippen molar-refractivity contribution in [1.29, 1.82) is 0 Å². The van der Waals surface area contributed by atoms with E-state index in [0.29, 0.717) is 31.1 Å². The molecule has 3 aromatic rings. The molecule has 6 nitrogen and oxygen atoms in total. The Balaban J connectivity index is 1.47. The van der Waals surface area contributed by atoms with Crippen molar-refractivity contribution in [2.45, 2.75) is 19.4 Å². The number of carbonyl (C=O) groups excluding carboxylic acids is 1. The number of hydrogen-bond donors (Lipinski definition) is 1. The highest BCUT2D eigenvalue weighted by Crippen LogP contribution is 2.21. The number of aromatic nitrogens is 3. The summed E-state index contributed by atoms with van der Waals surface area (Å²) in [6.07, 6.45) is 2.43. The van der Waals surface area contributed by atoms with Gasteiger partial charge in [0.2, 0.25) is 17.6 Å². The van der Waals surface area contributed by atoms with Crippen LogP contribution in [0.3, 0.4) is 0 Å². The van der Waals surface area contributed by atoms with Gasteiger partial charge < -0.3 is 9.84 Å². The summed E-state index contributed by atoms with van der Waals surface area (Å²) < 4.78 is 5.15. The predicted molar refractivity (Wildman–Crippen MR) is 82.0 cm³/mol. The molecule has 3 aromatic heterocycles. The largest absolute Gasteiger partial charge is 0.350 e. The number of nitrogens with zero attached hydrogens (tertiary/aromatic N) is 3. The van der Waals surface area contributed by atoms with Crippen LogP contribution in [0.2, 0.25) is 0 Å². The molecule has 3 rings (SSSR count). The lowest BCUT2D eigenvalue weighted by Crippen LogP contribution is -2.23. The Bertz CT molecular complexity index is 725. The van der Waals surface area contributed by atoms with Crippen molar-refractivity contribution in [3.63, 3.8) is 0 Å². The molecule has 0 bridgehead atoms. The minimum absolute atomic E-state index is 0.0680. The molecule has 0 atom stereocenters. The second kappa shape index (κ2) is 6.95. The molecule has 0 aliphatic carbocycles. The fraction of sp³-hybridized carbons (Fsp3) is 0.200. The average molecular weight is 314 g/mol. The van der Waals surface area contributed by atoms with E-state index >= 15 is 0 Å². The lowest BCUT2D eigenvalue weighted by Gasteiger charge is -2.03. The first-order valence-electron chi connectivity index (χ1n) is 6.84. The Morgan fingerprint density at radius 1 is 1.27 bits per heavy atom. The fourth-order valence-corrected chi connectivity index (χ4v) is 2.51. The maximum atomic E-state index is 11.8. The summed E-state index contributed by atoms with van der Waals surface area (Å²) in [6.45, 7) is 0.421. The van der Waals surface area contributed by atoms with E-state index in [1.807, 2.05) is 35.7 Å². The van der Waals surface area contributed by atoms with Crippen LogP contribution in [-0.4, -0.2) is 21.0 Å². The molecule has 0 radical (unpaired) electrons. The molecule has 0 aliphatic heterocycles. The highest BCUT2D eigenvalue weighted by Gasteiger charge is 2.11. The number of carbonyl (C=O) groups is 1. The summed E-state index contributed by atoms with van der Waals surface area (Å²) in [5.74, 6) is 0.969. The molecular formula is C15H14N4O2S. The summed E-state index contributed by atoms with van der Waals surface area (Å²) >= 11 is 1.55. The molecule has 7 heteroatoms. The zero-order valence-corrected chi connectivity index (χ0v) is 12.5. The first-order valence-corrected chi connectivity index (χ1v) is 7.72. The number of rotatable bonds is 6. The number of nitrogens with one attached hydrogen (secondary N) is 1. The molecule has 1 N–H and O–H groups in total. The zero-order valence-electron chi connectivity index (χ0n) is 11.7. The number of hydrogen-bond acceptors (Lipinski definition) is 6. The van der Waals surface area contributed by atoms with Crippen molar-refractivity contribution in [3.8, 4) is 10.7 Å². The van der Waals surface area contributed by atoms with Gasteiger partial charge in [-0.3, -0.25) is 9.78 Å². The molecule has 0 unspecified atom stereocenters. The van der Waals surface area contributed by atoms with Crippen LogP contribution >= 0.6 is 11.3 Å². The number of thiophene rings is 1. The van der Waals surface area contributed by atoms with Crippen molar-refractivity contribution < 1.29 is 9.32 Å². The Morgan fingerprint density at radius 3 is 3.00 bits per heavy atom. The van der Waals surface area contributed by atoms with E-state index in [9.17, 15) is 4.79 Å². The van der Waals surface area contributed by atoms with Gasteiger partial charge in [-0.2, -0.15) is 4.98 Å². The number of amides is 1. The molecule has 0 aromatic carbocycles. The monoisotopic (exact) mass is 314 g/mol. The zero-order chi connectivity index (χ0) is 15.2. The van der Waals surface area contributed by atoms with Gasteiger partial charge in [0.1, 0.15) is 0 Å². The van der Waals surface area contributed by atoms with Gasteiger partial charge in [0.25, 0.3) is 0 Å². The van der Waals surface area contributed by atoms with Crippen LogP contribution in [0, 0.1) is 0 Å². The Morgan fingerprint density at radius 2 is 2.23 bits per heavy atom. The molecular weight excluding hydrogens is 300 g/mol. The molecule has 1 amide bonds. The van der Waals surface area contributed by atoms with E-state index in [1.165, 1.54) is 0 Å². The third-order valence-electron chi connectivity index (χ3n) is 2.97. The van der Waals surface area contributed by atoms with E-state index in [-0.39, 0.29) is 5.91 Å². The third kappa shape index (κ3) is 3.76. The quantitative estimate of drug-likeness (QED) is 0.756. The molecule has 22 heavy (non-hydrogen) atoms. The summed E-state index contributed by atoms with van der Waals surface area (Å²) in [4.78, 5) is 21.2. The highest BCUT2D eigenvalue weighted by atomic mass is 32.1. The van der Waals surface area contributed by atoms with Crippen LogP contribution < -0.4 is 5.32 Å². The van der Waals surface area contributed by atoms with Gasteiger partial charge in [-0.05, 0) is 23.6 Å². The average Bonchev–Trinajstić information content (AvgIpc) is 3.22.